The monoisotopic (exact) mass is 132 g/mol. The van der Waals surface area contributed by atoms with Crippen molar-refractivity contribution in [3.8, 4) is 0 Å². The van der Waals surface area contributed by atoms with E-state index in [1.165, 1.54) is 0 Å². The molecule has 0 aliphatic carbocycles. The van der Waals surface area contributed by atoms with Crippen molar-refractivity contribution in [2.45, 2.75) is 31.7 Å². The molecule has 3 atom stereocenters. The van der Waals surface area contributed by atoms with E-state index in [2.05, 4.69) is 0 Å². The predicted octanol–water partition coefficient (Wildman–Crippen LogP) is -0.483. The third-order valence-electron chi connectivity index (χ3n) is 1.58. The van der Waals surface area contributed by atoms with Gasteiger partial charge in [-0.2, -0.15) is 0 Å². The van der Waals surface area contributed by atoms with Gasteiger partial charge in [0.1, 0.15) is 6.10 Å². The number of aliphatic hydroxyl groups excluding tert-OH is 2. The number of rotatable bonds is 1. The van der Waals surface area contributed by atoms with Crippen molar-refractivity contribution in [1.29, 1.82) is 0 Å². The predicted molar refractivity (Wildman–Crippen MR) is 32.0 cm³/mol. The fraction of sp³-hybridized carbons (Fsp3) is 1.00. The summed E-state index contributed by atoms with van der Waals surface area (Å²) in [4.78, 5) is 0. The number of hydrogen-bond donors (Lipinski definition) is 2. The topological polar surface area (TPSA) is 49.7 Å². The summed E-state index contributed by atoms with van der Waals surface area (Å²) in [6, 6.07) is 0. The highest BCUT2D eigenvalue weighted by Gasteiger charge is 2.29. The van der Waals surface area contributed by atoms with Crippen LogP contribution in [-0.2, 0) is 4.74 Å². The van der Waals surface area contributed by atoms with Gasteiger partial charge < -0.3 is 14.9 Å². The fourth-order valence-corrected chi connectivity index (χ4v) is 1.06. The number of ether oxygens (including phenoxy) is 1. The maximum atomic E-state index is 9.07. The SMILES string of the molecule is C[C@H](O)[C@@H]1OCC[C@H]1O. The summed E-state index contributed by atoms with van der Waals surface area (Å²) in [7, 11) is 0. The Labute approximate surface area is 54.3 Å². The zero-order valence-corrected chi connectivity index (χ0v) is 5.45. The van der Waals surface area contributed by atoms with E-state index in [0.29, 0.717) is 13.0 Å². The van der Waals surface area contributed by atoms with Crippen LogP contribution in [0.5, 0.6) is 0 Å². The van der Waals surface area contributed by atoms with Crippen molar-refractivity contribution in [3.05, 3.63) is 0 Å². The van der Waals surface area contributed by atoms with Crippen molar-refractivity contribution < 1.29 is 14.9 Å². The number of hydrogen-bond acceptors (Lipinski definition) is 3. The lowest BCUT2D eigenvalue weighted by molar-refractivity contribution is -0.0371. The molecule has 2 N–H and O–H groups in total. The Hall–Kier alpha value is -0.120. The van der Waals surface area contributed by atoms with Gasteiger partial charge in [0.15, 0.2) is 0 Å². The first-order chi connectivity index (χ1) is 4.22. The Morgan fingerprint density at radius 2 is 2.33 bits per heavy atom. The molecule has 1 fully saturated rings. The molecule has 0 aromatic heterocycles. The van der Waals surface area contributed by atoms with Crippen LogP contribution < -0.4 is 0 Å². The van der Waals surface area contributed by atoms with E-state index >= 15 is 0 Å². The van der Waals surface area contributed by atoms with Gasteiger partial charge in [-0.1, -0.05) is 0 Å². The van der Waals surface area contributed by atoms with Crippen molar-refractivity contribution in [2.24, 2.45) is 0 Å². The lowest BCUT2D eigenvalue weighted by Gasteiger charge is -2.15. The van der Waals surface area contributed by atoms with E-state index < -0.39 is 12.2 Å². The van der Waals surface area contributed by atoms with Gasteiger partial charge in [-0.3, -0.25) is 0 Å². The van der Waals surface area contributed by atoms with Crippen LogP contribution in [0.1, 0.15) is 13.3 Å². The largest absolute Gasteiger partial charge is 0.391 e. The normalized spacial score (nSPS) is 39.0. The Morgan fingerprint density at radius 1 is 1.67 bits per heavy atom. The molecule has 1 saturated heterocycles. The second kappa shape index (κ2) is 2.64. The summed E-state index contributed by atoms with van der Waals surface area (Å²) >= 11 is 0. The summed E-state index contributed by atoms with van der Waals surface area (Å²) in [6.45, 7) is 2.19. The third kappa shape index (κ3) is 1.41. The molecule has 0 amide bonds. The van der Waals surface area contributed by atoms with Crippen molar-refractivity contribution >= 4 is 0 Å². The van der Waals surface area contributed by atoms with E-state index in [-0.39, 0.29) is 6.10 Å². The van der Waals surface area contributed by atoms with Crippen LogP contribution >= 0.6 is 0 Å². The number of aliphatic hydroxyl groups is 2. The molecule has 0 aromatic carbocycles. The highest BCUT2D eigenvalue weighted by molar-refractivity contribution is 4.78. The van der Waals surface area contributed by atoms with E-state index in [9.17, 15) is 0 Å². The highest BCUT2D eigenvalue weighted by Crippen LogP contribution is 2.15. The van der Waals surface area contributed by atoms with Crippen LogP contribution in [0.25, 0.3) is 0 Å². The molecule has 0 radical (unpaired) electrons. The van der Waals surface area contributed by atoms with Gasteiger partial charge >= 0.3 is 0 Å². The maximum absolute atomic E-state index is 9.07. The van der Waals surface area contributed by atoms with Gasteiger partial charge in [-0.25, -0.2) is 0 Å². The summed E-state index contributed by atoms with van der Waals surface area (Å²) in [5.74, 6) is 0. The zero-order chi connectivity index (χ0) is 6.85. The van der Waals surface area contributed by atoms with Gasteiger partial charge in [-0.05, 0) is 13.3 Å². The minimum Gasteiger partial charge on any atom is -0.391 e. The molecule has 0 aromatic rings. The molecular weight excluding hydrogens is 120 g/mol. The molecule has 1 aliphatic heterocycles. The van der Waals surface area contributed by atoms with Crippen LogP contribution in [0, 0.1) is 0 Å². The zero-order valence-electron chi connectivity index (χ0n) is 5.45. The van der Waals surface area contributed by atoms with Crippen LogP contribution in [-0.4, -0.2) is 35.1 Å². The van der Waals surface area contributed by atoms with Crippen molar-refractivity contribution in [2.75, 3.05) is 6.61 Å². The maximum Gasteiger partial charge on any atom is 0.109 e. The standard InChI is InChI=1S/C6H12O3/c1-4(7)6-5(8)2-3-9-6/h4-8H,2-3H2,1H3/t4-,5+,6-/m0/s1. The average Bonchev–Trinajstić information content (AvgIpc) is 2.13. The molecule has 3 nitrogen and oxygen atoms in total. The van der Waals surface area contributed by atoms with Crippen LogP contribution in [0.4, 0.5) is 0 Å². The Bertz CT molecular complexity index is 92.3. The van der Waals surface area contributed by atoms with Crippen molar-refractivity contribution in [1.82, 2.24) is 0 Å². The van der Waals surface area contributed by atoms with Crippen molar-refractivity contribution in [3.63, 3.8) is 0 Å². The molecule has 1 aliphatic rings. The van der Waals surface area contributed by atoms with E-state index in [1.807, 2.05) is 0 Å². The second-order valence-electron chi connectivity index (χ2n) is 2.43. The molecule has 9 heavy (non-hydrogen) atoms. The summed E-state index contributed by atoms with van der Waals surface area (Å²) in [5.41, 5.74) is 0. The third-order valence-corrected chi connectivity index (χ3v) is 1.58. The molecular formula is C6H12O3. The molecule has 0 saturated carbocycles. The van der Waals surface area contributed by atoms with Gasteiger partial charge in [0.05, 0.1) is 12.2 Å². The summed E-state index contributed by atoms with van der Waals surface area (Å²) in [6.07, 6.45) is -0.729. The molecule has 0 bridgehead atoms. The second-order valence-corrected chi connectivity index (χ2v) is 2.43. The summed E-state index contributed by atoms with van der Waals surface area (Å²) < 4.78 is 5.03. The Balaban J connectivity index is 2.40. The first-order valence-corrected chi connectivity index (χ1v) is 3.19. The summed E-state index contributed by atoms with van der Waals surface area (Å²) in [5, 5.41) is 18.0. The van der Waals surface area contributed by atoms with Gasteiger partial charge in [0.2, 0.25) is 0 Å². The molecule has 3 heteroatoms. The van der Waals surface area contributed by atoms with Crippen LogP contribution in [0.3, 0.4) is 0 Å². The Morgan fingerprint density at radius 3 is 2.56 bits per heavy atom. The minimum absolute atomic E-state index is 0.356. The van der Waals surface area contributed by atoms with Gasteiger partial charge in [0, 0.05) is 6.61 Å². The molecule has 54 valence electrons. The minimum atomic E-state index is -0.553. The molecule has 0 spiro atoms. The smallest absolute Gasteiger partial charge is 0.109 e. The lowest BCUT2D eigenvalue weighted by atomic mass is 10.1. The van der Waals surface area contributed by atoms with Gasteiger partial charge in [-0.15, -0.1) is 0 Å². The van der Waals surface area contributed by atoms with Crippen LogP contribution in [0.2, 0.25) is 0 Å². The molecule has 0 unspecified atom stereocenters. The average molecular weight is 132 g/mol. The highest BCUT2D eigenvalue weighted by atomic mass is 16.5. The lowest BCUT2D eigenvalue weighted by Crippen LogP contribution is -2.31. The molecule has 1 rings (SSSR count). The van der Waals surface area contributed by atoms with E-state index in [4.69, 9.17) is 14.9 Å². The van der Waals surface area contributed by atoms with Gasteiger partial charge in [0.25, 0.3) is 0 Å². The van der Waals surface area contributed by atoms with Crippen LogP contribution in [0.15, 0.2) is 0 Å². The fourth-order valence-electron chi connectivity index (χ4n) is 1.06. The molecule has 1 heterocycles. The quantitative estimate of drug-likeness (QED) is 0.506. The Kier molecular flexibility index (Phi) is 2.05. The first-order valence-electron chi connectivity index (χ1n) is 3.19. The van der Waals surface area contributed by atoms with E-state index in [1.54, 1.807) is 6.92 Å². The van der Waals surface area contributed by atoms with E-state index in [0.717, 1.165) is 0 Å². The first kappa shape index (κ1) is 6.99.